The van der Waals surface area contributed by atoms with Gasteiger partial charge in [-0.05, 0) is 44.0 Å². The highest BCUT2D eigenvalue weighted by molar-refractivity contribution is 9.11. The first-order chi connectivity index (χ1) is 6.61. The molecule has 0 aromatic heterocycles. The first-order valence-corrected chi connectivity index (χ1v) is 5.48. The molecule has 0 aliphatic rings. The third kappa shape index (κ3) is 3.31. The van der Waals surface area contributed by atoms with Gasteiger partial charge in [-0.1, -0.05) is 6.07 Å². The molecule has 76 valence electrons. The Morgan fingerprint density at radius 2 is 1.93 bits per heavy atom. The van der Waals surface area contributed by atoms with Crippen LogP contribution in [-0.2, 0) is 4.79 Å². The lowest BCUT2D eigenvalue weighted by Gasteiger charge is -2.08. The SMILES string of the molecule is O=C(O)CCOc1c(Br)cccc1Br. The summed E-state index contributed by atoms with van der Waals surface area (Å²) in [5.41, 5.74) is 0. The van der Waals surface area contributed by atoms with E-state index in [1.165, 1.54) is 0 Å². The van der Waals surface area contributed by atoms with Gasteiger partial charge < -0.3 is 9.84 Å². The van der Waals surface area contributed by atoms with Crippen LogP contribution >= 0.6 is 31.9 Å². The highest BCUT2D eigenvalue weighted by atomic mass is 79.9. The van der Waals surface area contributed by atoms with Gasteiger partial charge in [-0.15, -0.1) is 0 Å². The number of carboxylic acid groups (broad SMARTS) is 1. The minimum atomic E-state index is -0.867. The van der Waals surface area contributed by atoms with Crippen LogP contribution in [0, 0.1) is 0 Å². The highest BCUT2D eigenvalue weighted by Crippen LogP contribution is 2.32. The Kier molecular flexibility index (Phi) is 4.41. The van der Waals surface area contributed by atoms with Crippen LogP contribution in [0.1, 0.15) is 6.42 Å². The second kappa shape index (κ2) is 5.36. The third-order valence-electron chi connectivity index (χ3n) is 1.48. The normalized spacial score (nSPS) is 9.86. The average Bonchev–Trinajstić information content (AvgIpc) is 2.09. The van der Waals surface area contributed by atoms with E-state index < -0.39 is 5.97 Å². The number of carbonyl (C=O) groups is 1. The fraction of sp³-hybridized carbons (Fsp3) is 0.222. The molecule has 1 aromatic carbocycles. The number of rotatable bonds is 4. The van der Waals surface area contributed by atoms with Crippen molar-refractivity contribution in [3.63, 3.8) is 0 Å². The van der Waals surface area contributed by atoms with Gasteiger partial charge in [0, 0.05) is 0 Å². The maximum absolute atomic E-state index is 10.3. The largest absolute Gasteiger partial charge is 0.491 e. The molecule has 0 unspecified atom stereocenters. The number of halogens is 2. The molecule has 0 aliphatic heterocycles. The molecule has 0 heterocycles. The molecule has 0 bridgehead atoms. The van der Waals surface area contributed by atoms with E-state index in [4.69, 9.17) is 9.84 Å². The van der Waals surface area contributed by atoms with Gasteiger partial charge in [0.25, 0.3) is 0 Å². The minimum absolute atomic E-state index is 0.00618. The van der Waals surface area contributed by atoms with Crippen molar-refractivity contribution in [1.29, 1.82) is 0 Å². The fourth-order valence-electron chi connectivity index (χ4n) is 0.861. The molecule has 0 aliphatic carbocycles. The molecule has 1 aromatic rings. The number of ether oxygens (including phenoxy) is 1. The van der Waals surface area contributed by atoms with Gasteiger partial charge >= 0.3 is 5.97 Å². The summed E-state index contributed by atoms with van der Waals surface area (Å²) in [6.45, 7) is 0.163. The summed E-state index contributed by atoms with van der Waals surface area (Å²) in [5.74, 6) is -0.234. The molecule has 0 fully saturated rings. The molecule has 14 heavy (non-hydrogen) atoms. The van der Waals surface area contributed by atoms with Gasteiger partial charge in [0.2, 0.25) is 0 Å². The van der Waals surface area contributed by atoms with Crippen LogP contribution in [0.3, 0.4) is 0 Å². The van der Waals surface area contributed by atoms with Crippen molar-refractivity contribution in [1.82, 2.24) is 0 Å². The third-order valence-corrected chi connectivity index (χ3v) is 2.73. The van der Waals surface area contributed by atoms with E-state index in [2.05, 4.69) is 31.9 Å². The van der Waals surface area contributed by atoms with Crippen molar-refractivity contribution in [3.8, 4) is 5.75 Å². The van der Waals surface area contributed by atoms with Gasteiger partial charge in [0.15, 0.2) is 0 Å². The topological polar surface area (TPSA) is 46.5 Å². The Morgan fingerprint density at radius 1 is 1.36 bits per heavy atom. The van der Waals surface area contributed by atoms with Crippen LogP contribution in [0.5, 0.6) is 5.75 Å². The van der Waals surface area contributed by atoms with Gasteiger partial charge in [-0.3, -0.25) is 4.79 Å². The van der Waals surface area contributed by atoms with E-state index in [0.717, 1.165) is 8.95 Å². The van der Waals surface area contributed by atoms with Crippen LogP contribution in [0.2, 0.25) is 0 Å². The van der Waals surface area contributed by atoms with Crippen molar-refractivity contribution in [2.24, 2.45) is 0 Å². The Balaban J connectivity index is 2.62. The van der Waals surface area contributed by atoms with E-state index in [9.17, 15) is 4.79 Å². The van der Waals surface area contributed by atoms with Crippen LogP contribution < -0.4 is 4.74 Å². The summed E-state index contributed by atoms with van der Waals surface area (Å²) in [6, 6.07) is 5.53. The number of aliphatic carboxylic acids is 1. The second-order valence-corrected chi connectivity index (χ2v) is 4.25. The number of benzene rings is 1. The van der Waals surface area contributed by atoms with E-state index in [1.54, 1.807) is 0 Å². The summed E-state index contributed by atoms with van der Waals surface area (Å²) < 4.78 is 6.91. The fourth-order valence-corrected chi connectivity index (χ4v) is 2.09. The van der Waals surface area contributed by atoms with Crippen LogP contribution in [-0.4, -0.2) is 17.7 Å². The first-order valence-electron chi connectivity index (χ1n) is 3.90. The molecule has 0 amide bonds. The lowest BCUT2D eigenvalue weighted by molar-refractivity contribution is -0.137. The number of carboxylic acids is 1. The van der Waals surface area contributed by atoms with E-state index >= 15 is 0 Å². The van der Waals surface area contributed by atoms with E-state index in [0.29, 0.717) is 5.75 Å². The minimum Gasteiger partial charge on any atom is -0.491 e. The summed E-state index contributed by atoms with van der Waals surface area (Å²) in [5, 5.41) is 8.43. The predicted octanol–water partition coefficient (Wildman–Crippen LogP) is 3.07. The molecule has 0 radical (unpaired) electrons. The maximum Gasteiger partial charge on any atom is 0.306 e. The number of para-hydroxylation sites is 1. The number of hydrogen-bond acceptors (Lipinski definition) is 2. The zero-order valence-electron chi connectivity index (χ0n) is 7.17. The van der Waals surface area contributed by atoms with Crippen molar-refractivity contribution in [3.05, 3.63) is 27.1 Å². The van der Waals surface area contributed by atoms with Gasteiger partial charge in [-0.2, -0.15) is 0 Å². The molecule has 0 atom stereocenters. The maximum atomic E-state index is 10.3. The molecule has 1 rings (SSSR count). The summed E-state index contributed by atoms with van der Waals surface area (Å²) in [7, 11) is 0. The lowest BCUT2D eigenvalue weighted by atomic mass is 10.3. The van der Waals surface area contributed by atoms with Gasteiger partial charge in [-0.25, -0.2) is 0 Å². The Morgan fingerprint density at radius 3 is 2.43 bits per heavy atom. The average molecular weight is 324 g/mol. The monoisotopic (exact) mass is 322 g/mol. The lowest BCUT2D eigenvalue weighted by Crippen LogP contribution is -2.05. The summed E-state index contributed by atoms with van der Waals surface area (Å²) >= 11 is 6.62. The van der Waals surface area contributed by atoms with Crippen molar-refractivity contribution < 1.29 is 14.6 Å². The van der Waals surface area contributed by atoms with Crippen LogP contribution in [0.25, 0.3) is 0 Å². The first kappa shape index (κ1) is 11.5. The molecule has 1 N–H and O–H groups in total. The van der Waals surface area contributed by atoms with Gasteiger partial charge in [0.1, 0.15) is 5.75 Å². The van der Waals surface area contributed by atoms with E-state index in [-0.39, 0.29) is 13.0 Å². The zero-order valence-corrected chi connectivity index (χ0v) is 10.3. The van der Waals surface area contributed by atoms with Crippen molar-refractivity contribution in [2.45, 2.75) is 6.42 Å². The Bertz CT molecular complexity index is 319. The quantitative estimate of drug-likeness (QED) is 0.926. The van der Waals surface area contributed by atoms with Gasteiger partial charge in [0.05, 0.1) is 22.0 Å². The molecule has 0 spiro atoms. The van der Waals surface area contributed by atoms with Crippen molar-refractivity contribution >= 4 is 37.8 Å². The van der Waals surface area contributed by atoms with Crippen LogP contribution in [0.15, 0.2) is 27.1 Å². The van der Waals surface area contributed by atoms with E-state index in [1.807, 2.05) is 18.2 Å². The molecule has 5 heteroatoms. The zero-order chi connectivity index (χ0) is 10.6. The van der Waals surface area contributed by atoms with Crippen molar-refractivity contribution in [2.75, 3.05) is 6.61 Å². The molecular weight excluding hydrogens is 316 g/mol. The summed E-state index contributed by atoms with van der Waals surface area (Å²) in [6.07, 6.45) is -0.00618. The predicted molar refractivity (Wildman–Crippen MR) is 59.6 cm³/mol. The standard InChI is InChI=1S/C9H8Br2O3/c10-6-2-1-3-7(11)9(6)14-5-4-8(12)13/h1-3H,4-5H2,(H,12,13). The highest BCUT2D eigenvalue weighted by Gasteiger charge is 2.06. The smallest absolute Gasteiger partial charge is 0.306 e. The number of hydrogen-bond donors (Lipinski definition) is 1. The Hall–Kier alpha value is -0.550. The summed E-state index contributed by atoms with van der Waals surface area (Å²) in [4.78, 5) is 10.3. The Labute approximate surface area is 98.3 Å². The molecule has 3 nitrogen and oxygen atoms in total. The molecular formula is C9H8Br2O3. The second-order valence-electron chi connectivity index (χ2n) is 2.54. The molecule has 0 saturated heterocycles. The van der Waals surface area contributed by atoms with Crippen LogP contribution in [0.4, 0.5) is 0 Å². The molecule has 0 saturated carbocycles.